The van der Waals surface area contributed by atoms with Crippen LogP contribution in [0.25, 0.3) is 0 Å². The van der Waals surface area contributed by atoms with E-state index in [1.807, 2.05) is 13.8 Å². The van der Waals surface area contributed by atoms with Crippen molar-refractivity contribution in [3.05, 3.63) is 29.8 Å². The molecule has 3 N–H and O–H groups in total. The second-order valence-electron chi connectivity index (χ2n) is 5.25. The SMILES string of the molecule is CCCNC(=O)c1nn(CC)cc1NC(=O)c1ccn(CC(=O)O)n1. The van der Waals surface area contributed by atoms with Crippen molar-refractivity contribution in [1.29, 1.82) is 0 Å². The summed E-state index contributed by atoms with van der Waals surface area (Å²) in [5.74, 6) is -1.99. The van der Waals surface area contributed by atoms with Crippen LogP contribution in [0.2, 0.25) is 0 Å². The number of carbonyl (C=O) groups is 3. The topological polar surface area (TPSA) is 131 Å². The molecule has 0 aliphatic rings. The molecule has 0 fully saturated rings. The van der Waals surface area contributed by atoms with E-state index in [0.717, 1.165) is 11.1 Å². The van der Waals surface area contributed by atoms with E-state index in [4.69, 9.17) is 5.11 Å². The van der Waals surface area contributed by atoms with Crippen LogP contribution in [0.1, 0.15) is 41.2 Å². The van der Waals surface area contributed by atoms with E-state index in [-0.39, 0.29) is 29.5 Å². The van der Waals surface area contributed by atoms with Gasteiger partial charge < -0.3 is 15.7 Å². The van der Waals surface area contributed by atoms with E-state index in [1.54, 1.807) is 10.9 Å². The van der Waals surface area contributed by atoms with Crippen LogP contribution in [-0.2, 0) is 17.9 Å². The summed E-state index contributed by atoms with van der Waals surface area (Å²) in [6.45, 7) is 4.49. The van der Waals surface area contributed by atoms with Crippen LogP contribution in [0, 0.1) is 0 Å². The fourth-order valence-electron chi connectivity index (χ4n) is 2.06. The smallest absolute Gasteiger partial charge is 0.325 e. The van der Waals surface area contributed by atoms with Crippen molar-refractivity contribution in [3.63, 3.8) is 0 Å². The first-order valence-corrected chi connectivity index (χ1v) is 7.86. The summed E-state index contributed by atoms with van der Waals surface area (Å²) in [5, 5.41) is 22.1. The predicted molar refractivity (Wildman–Crippen MR) is 88.3 cm³/mol. The Labute approximate surface area is 143 Å². The maximum absolute atomic E-state index is 12.3. The Bertz CT molecular complexity index is 779. The second kappa shape index (κ2) is 8.08. The molecule has 2 rings (SSSR count). The van der Waals surface area contributed by atoms with Crippen LogP contribution in [0.5, 0.6) is 0 Å². The van der Waals surface area contributed by atoms with Crippen LogP contribution >= 0.6 is 0 Å². The number of hydrogen-bond acceptors (Lipinski definition) is 5. The highest BCUT2D eigenvalue weighted by Crippen LogP contribution is 2.15. The molecule has 25 heavy (non-hydrogen) atoms. The summed E-state index contributed by atoms with van der Waals surface area (Å²) >= 11 is 0. The first kappa shape index (κ1) is 18.2. The number of amides is 2. The van der Waals surface area contributed by atoms with Crippen molar-refractivity contribution in [1.82, 2.24) is 24.9 Å². The van der Waals surface area contributed by atoms with Gasteiger partial charge in [-0.3, -0.25) is 23.7 Å². The van der Waals surface area contributed by atoms with Gasteiger partial charge in [-0.25, -0.2) is 0 Å². The van der Waals surface area contributed by atoms with Gasteiger partial charge in [0.25, 0.3) is 11.8 Å². The molecule has 134 valence electrons. The summed E-state index contributed by atoms with van der Waals surface area (Å²) in [4.78, 5) is 35.1. The molecule has 0 unspecified atom stereocenters. The van der Waals surface area contributed by atoms with Gasteiger partial charge in [-0.2, -0.15) is 10.2 Å². The molecule has 10 heteroatoms. The second-order valence-corrected chi connectivity index (χ2v) is 5.25. The molecule has 2 aromatic heterocycles. The lowest BCUT2D eigenvalue weighted by Crippen LogP contribution is -2.26. The molecule has 0 saturated carbocycles. The Kier molecular flexibility index (Phi) is 5.88. The van der Waals surface area contributed by atoms with Gasteiger partial charge in [-0.05, 0) is 19.4 Å². The molecule has 0 aliphatic heterocycles. The van der Waals surface area contributed by atoms with Gasteiger partial charge in [0.2, 0.25) is 0 Å². The van der Waals surface area contributed by atoms with Crippen molar-refractivity contribution in [2.75, 3.05) is 11.9 Å². The van der Waals surface area contributed by atoms with Crippen LogP contribution in [0.3, 0.4) is 0 Å². The number of carboxylic acids is 1. The Morgan fingerprint density at radius 1 is 1.16 bits per heavy atom. The van der Waals surface area contributed by atoms with Crippen molar-refractivity contribution in [2.45, 2.75) is 33.4 Å². The van der Waals surface area contributed by atoms with Gasteiger partial charge in [0.1, 0.15) is 6.54 Å². The molecule has 0 bridgehead atoms. The molecule has 0 spiro atoms. The van der Waals surface area contributed by atoms with E-state index in [2.05, 4.69) is 20.8 Å². The number of aromatic nitrogens is 4. The predicted octanol–water partition coefficient (Wildman–Crippen LogP) is 0.576. The zero-order chi connectivity index (χ0) is 18.4. The maximum Gasteiger partial charge on any atom is 0.325 e. The standard InChI is InChI=1S/C15H20N6O4/c1-3-6-16-15(25)13-11(8-20(4-2)19-13)17-14(24)10-5-7-21(18-10)9-12(22)23/h5,7-8H,3-4,6,9H2,1-2H3,(H,16,25)(H,17,24)(H,22,23). The number of rotatable bonds is 8. The Balaban J connectivity index is 2.16. The summed E-state index contributed by atoms with van der Waals surface area (Å²) in [6, 6.07) is 1.40. The van der Waals surface area contributed by atoms with Crippen molar-refractivity contribution in [2.24, 2.45) is 0 Å². The molecular weight excluding hydrogens is 328 g/mol. The van der Waals surface area contributed by atoms with Gasteiger partial charge in [0.15, 0.2) is 11.4 Å². The van der Waals surface area contributed by atoms with E-state index in [1.165, 1.54) is 12.3 Å². The van der Waals surface area contributed by atoms with Gasteiger partial charge in [-0.15, -0.1) is 0 Å². The number of aryl methyl sites for hydroxylation is 1. The van der Waals surface area contributed by atoms with E-state index >= 15 is 0 Å². The average molecular weight is 348 g/mol. The highest BCUT2D eigenvalue weighted by atomic mass is 16.4. The quantitative estimate of drug-likeness (QED) is 0.639. The zero-order valence-corrected chi connectivity index (χ0v) is 14.0. The first-order chi connectivity index (χ1) is 11.9. The van der Waals surface area contributed by atoms with E-state index in [0.29, 0.717) is 13.1 Å². The third kappa shape index (κ3) is 4.66. The molecule has 2 aromatic rings. The average Bonchev–Trinajstić information content (AvgIpc) is 3.19. The van der Waals surface area contributed by atoms with Crippen LogP contribution in [-0.4, -0.2) is 49.0 Å². The molecule has 0 aliphatic carbocycles. The van der Waals surface area contributed by atoms with Crippen LogP contribution in [0.4, 0.5) is 5.69 Å². The highest BCUT2D eigenvalue weighted by Gasteiger charge is 2.20. The molecule has 10 nitrogen and oxygen atoms in total. The van der Waals surface area contributed by atoms with Gasteiger partial charge in [0, 0.05) is 25.5 Å². The zero-order valence-electron chi connectivity index (χ0n) is 14.0. The molecule has 2 amide bonds. The normalized spacial score (nSPS) is 10.5. The molecule has 0 atom stereocenters. The lowest BCUT2D eigenvalue weighted by Gasteiger charge is -2.04. The van der Waals surface area contributed by atoms with Crippen LogP contribution in [0.15, 0.2) is 18.5 Å². The minimum absolute atomic E-state index is 0.0467. The summed E-state index contributed by atoms with van der Waals surface area (Å²) in [5.41, 5.74) is 0.437. The van der Waals surface area contributed by atoms with E-state index in [9.17, 15) is 14.4 Å². The third-order valence-corrected chi connectivity index (χ3v) is 3.26. The molecule has 0 saturated heterocycles. The monoisotopic (exact) mass is 348 g/mol. The minimum Gasteiger partial charge on any atom is -0.480 e. The molecule has 2 heterocycles. The molecular formula is C15H20N6O4. The van der Waals surface area contributed by atoms with Crippen molar-refractivity contribution < 1.29 is 19.5 Å². The number of nitrogens with one attached hydrogen (secondary N) is 2. The van der Waals surface area contributed by atoms with Gasteiger partial charge >= 0.3 is 5.97 Å². The van der Waals surface area contributed by atoms with Crippen molar-refractivity contribution in [3.8, 4) is 0 Å². The largest absolute Gasteiger partial charge is 0.480 e. The number of aliphatic carboxylic acids is 1. The Morgan fingerprint density at radius 2 is 1.92 bits per heavy atom. The summed E-state index contributed by atoms with van der Waals surface area (Å²) < 4.78 is 2.68. The first-order valence-electron chi connectivity index (χ1n) is 7.86. The highest BCUT2D eigenvalue weighted by molar-refractivity contribution is 6.07. The lowest BCUT2D eigenvalue weighted by molar-refractivity contribution is -0.137. The molecule has 0 radical (unpaired) electrons. The number of hydrogen-bond donors (Lipinski definition) is 3. The summed E-state index contributed by atoms with van der Waals surface area (Å²) in [6.07, 6.45) is 3.74. The maximum atomic E-state index is 12.3. The lowest BCUT2D eigenvalue weighted by atomic mass is 10.3. The fraction of sp³-hybridized carbons (Fsp3) is 0.400. The van der Waals surface area contributed by atoms with Crippen LogP contribution < -0.4 is 10.6 Å². The molecule has 0 aromatic carbocycles. The van der Waals surface area contributed by atoms with E-state index < -0.39 is 11.9 Å². The number of nitrogens with zero attached hydrogens (tertiary/aromatic N) is 4. The minimum atomic E-state index is -1.06. The summed E-state index contributed by atoms with van der Waals surface area (Å²) in [7, 11) is 0. The van der Waals surface area contributed by atoms with Gasteiger partial charge in [-0.1, -0.05) is 6.92 Å². The van der Waals surface area contributed by atoms with Gasteiger partial charge in [0.05, 0.1) is 5.69 Å². The Morgan fingerprint density at radius 3 is 2.56 bits per heavy atom. The third-order valence-electron chi connectivity index (χ3n) is 3.26. The number of anilines is 1. The number of carbonyl (C=O) groups excluding carboxylic acids is 2. The fourth-order valence-corrected chi connectivity index (χ4v) is 2.06. The number of carboxylic acid groups (broad SMARTS) is 1. The Hall–Kier alpha value is -3.17. The van der Waals surface area contributed by atoms with Crippen molar-refractivity contribution >= 4 is 23.5 Å².